The molecule has 0 aliphatic carbocycles. The van der Waals surface area contributed by atoms with E-state index < -0.39 is 0 Å². The van der Waals surface area contributed by atoms with Crippen molar-refractivity contribution in [1.29, 1.82) is 5.26 Å². The van der Waals surface area contributed by atoms with E-state index in [9.17, 15) is 0 Å². The van der Waals surface area contributed by atoms with Crippen molar-refractivity contribution in [2.45, 2.75) is 64.5 Å². The van der Waals surface area contributed by atoms with Gasteiger partial charge in [-0.05, 0) is 38.0 Å². The standard InChI is InChI=1S/C14H24N2/c1-3-4-11(2)10-16-13-5-6-14(16)8-12(7-13)9-15/h11-14H,3-8,10H2,1-2H3. The van der Waals surface area contributed by atoms with Gasteiger partial charge in [-0.15, -0.1) is 0 Å². The van der Waals surface area contributed by atoms with Crippen LogP contribution in [0.5, 0.6) is 0 Å². The zero-order valence-electron chi connectivity index (χ0n) is 10.7. The van der Waals surface area contributed by atoms with Crippen molar-refractivity contribution in [3.05, 3.63) is 0 Å². The van der Waals surface area contributed by atoms with Crippen molar-refractivity contribution in [2.24, 2.45) is 11.8 Å². The molecule has 2 nitrogen and oxygen atoms in total. The van der Waals surface area contributed by atoms with Gasteiger partial charge in [0.05, 0.1) is 6.07 Å². The Hall–Kier alpha value is -0.550. The predicted octanol–water partition coefficient (Wildman–Crippen LogP) is 3.19. The van der Waals surface area contributed by atoms with Crippen LogP contribution in [0.15, 0.2) is 0 Å². The molecular formula is C14H24N2. The molecule has 90 valence electrons. The van der Waals surface area contributed by atoms with Gasteiger partial charge in [0.25, 0.3) is 0 Å². The van der Waals surface area contributed by atoms with E-state index in [-0.39, 0.29) is 0 Å². The molecule has 0 spiro atoms. The third-order valence-corrected chi connectivity index (χ3v) is 4.37. The number of nitrogens with zero attached hydrogens (tertiary/aromatic N) is 2. The Morgan fingerprint density at radius 3 is 2.44 bits per heavy atom. The average Bonchev–Trinajstić information content (AvgIpc) is 2.52. The van der Waals surface area contributed by atoms with Gasteiger partial charge in [0, 0.05) is 24.5 Å². The maximum absolute atomic E-state index is 9.04. The zero-order valence-corrected chi connectivity index (χ0v) is 10.7. The summed E-state index contributed by atoms with van der Waals surface area (Å²) in [5, 5.41) is 9.04. The Balaban J connectivity index is 1.91. The third-order valence-electron chi connectivity index (χ3n) is 4.37. The Morgan fingerprint density at radius 1 is 1.31 bits per heavy atom. The Kier molecular flexibility index (Phi) is 3.86. The average molecular weight is 220 g/mol. The number of piperidine rings is 1. The minimum absolute atomic E-state index is 0.343. The Labute approximate surface area is 99.6 Å². The number of nitriles is 1. The summed E-state index contributed by atoms with van der Waals surface area (Å²) in [4.78, 5) is 2.72. The van der Waals surface area contributed by atoms with Gasteiger partial charge in [-0.3, -0.25) is 4.90 Å². The number of hydrogen-bond donors (Lipinski definition) is 0. The molecule has 0 aromatic rings. The van der Waals surface area contributed by atoms with Gasteiger partial charge in [-0.25, -0.2) is 0 Å². The molecule has 0 aromatic carbocycles. The molecule has 2 aliphatic rings. The first-order valence-electron chi connectivity index (χ1n) is 6.90. The fourth-order valence-corrected chi connectivity index (χ4v) is 3.62. The topological polar surface area (TPSA) is 27.0 Å². The van der Waals surface area contributed by atoms with Crippen LogP contribution in [0.4, 0.5) is 0 Å². The van der Waals surface area contributed by atoms with Gasteiger partial charge in [0.2, 0.25) is 0 Å². The molecule has 0 saturated carbocycles. The van der Waals surface area contributed by atoms with Gasteiger partial charge in [0.1, 0.15) is 0 Å². The van der Waals surface area contributed by atoms with Crippen molar-refractivity contribution >= 4 is 0 Å². The van der Waals surface area contributed by atoms with Crippen LogP contribution in [0, 0.1) is 23.2 Å². The van der Waals surface area contributed by atoms with Crippen LogP contribution >= 0.6 is 0 Å². The van der Waals surface area contributed by atoms with Crippen molar-refractivity contribution in [3.63, 3.8) is 0 Å². The molecule has 2 bridgehead atoms. The second-order valence-corrected chi connectivity index (χ2v) is 5.77. The van der Waals surface area contributed by atoms with Crippen LogP contribution in [0.1, 0.15) is 52.4 Å². The van der Waals surface area contributed by atoms with Gasteiger partial charge in [0.15, 0.2) is 0 Å². The highest BCUT2D eigenvalue weighted by molar-refractivity contribution is 5.01. The van der Waals surface area contributed by atoms with E-state index in [1.807, 2.05) is 0 Å². The number of rotatable bonds is 4. The molecular weight excluding hydrogens is 196 g/mol. The monoisotopic (exact) mass is 220 g/mol. The highest BCUT2D eigenvalue weighted by Crippen LogP contribution is 2.38. The normalized spacial score (nSPS) is 35.9. The lowest BCUT2D eigenvalue weighted by Crippen LogP contribution is -2.44. The fraction of sp³-hybridized carbons (Fsp3) is 0.929. The van der Waals surface area contributed by atoms with Crippen LogP contribution in [0.3, 0.4) is 0 Å². The molecule has 0 N–H and O–H groups in total. The largest absolute Gasteiger partial charge is 0.297 e. The summed E-state index contributed by atoms with van der Waals surface area (Å²) in [5.41, 5.74) is 0. The first-order chi connectivity index (χ1) is 7.74. The summed E-state index contributed by atoms with van der Waals surface area (Å²) in [6, 6.07) is 3.93. The molecule has 16 heavy (non-hydrogen) atoms. The minimum atomic E-state index is 0.343. The molecule has 2 rings (SSSR count). The van der Waals surface area contributed by atoms with E-state index >= 15 is 0 Å². The van der Waals surface area contributed by atoms with Crippen molar-refractivity contribution in [1.82, 2.24) is 4.90 Å². The van der Waals surface area contributed by atoms with E-state index in [2.05, 4.69) is 24.8 Å². The van der Waals surface area contributed by atoms with E-state index in [1.54, 1.807) is 0 Å². The lowest BCUT2D eigenvalue weighted by Gasteiger charge is -2.38. The van der Waals surface area contributed by atoms with Gasteiger partial charge >= 0.3 is 0 Å². The maximum atomic E-state index is 9.04. The summed E-state index contributed by atoms with van der Waals surface area (Å²) in [6.07, 6.45) is 7.57. The fourth-order valence-electron chi connectivity index (χ4n) is 3.62. The smallest absolute Gasteiger partial charge is 0.0657 e. The van der Waals surface area contributed by atoms with Crippen LogP contribution in [0.2, 0.25) is 0 Å². The number of fused-ring (bicyclic) bond motifs is 2. The first kappa shape index (κ1) is 11.9. The highest BCUT2D eigenvalue weighted by Gasteiger charge is 2.40. The molecule has 0 amide bonds. The van der Waals surface area contributed by atoms with Crippen molar-refractivity contribution in [3.8, 4) is 6.07 Å². The summed E-state index contributed by atoms with van der Waals surface area (Å²) < 4.78 is 0. The minimum Gasteiger partial charge on any atom is -0.297 e. The molecule has 3 unspecified atom stereocenters. The van der Waals surface area contributed by atoms with E-state index in [1.165, 1.54) is 32.2 Å². The quantitative estimate of drug-likeness (QED) is 0.727. The lowest BCUT2D eigenvalue weighted by atomic mass is 9.91. The SMILES string of the molecule is CCCC(C)CN1C2CCC1CC(C#N)C2. The first-order valence-corrected chi connectivity index (χ1v) is 6.90. The van der Waals surface area contributed by atoms with Crippen molar-refractivity contribution in [2.75, 3.05) is 6.54 Å². The summed E-state index contributed by atoms with van der Waals surface area (Å²) >= 11 is 0. The van der Waals surface area contributed by atoms with Crippen LogP contribution in [-0.4, -0.2) is 23.5 Å². The maximum Gasteiger partial charge on any atom is 0.0657 e. The second-order valence-electron chi connectivity index (χ2n) is 5.77. The molecule has 0 aromatic heterocycles. The van der Waals surface area contributed by atoms with Gasteiger partial charge in [-0.1, -0.05) is 20.3 Å². The molecule has 2 heteroatoms. The van der Waals surface area contributed by atoms with E-state index in [4.69, 9.17) is 5.26 Å². The predicted molar refractivity (Wildman–Crippen MR) is 65.9 cm³/mol. The van der Waals surface area contributed by atoms with Gasteiger partial charge < -0.3 is 0 Å². The lowest BCUT2D eigenvalue weighted by molar-refractivity contribution is 0.101. The zero-order chi connectivity index (χ0) is 11.5. The van der Waals surface area contributed by atoms with Crippen molar-refractivity contribution < 1.29 is 0 Å². The molecule has 2 heterocycles. The van der Waals surface area contributed by atoms with Crippen LogP contribution in [0.25, 0.3) is 0 Å². The Morgan fingerprint density at radius 2 is 1.94 bits per heavy atom. The van der Waals surface area contributed by atoms with E-state index in [0.29, 0.717) is 5.92 Å². The van der Waals surface area contributed by atoms with E-state index in [0.717, 1.165) is 30.8 Å². The summed E-state index contributed by atoms with van der Waals surface area (Å²) in [7, 11) is 0. The Bertz CT molecular complexity index is 254. The third kappa shape index (κ3) is 2.40. The molecule has 3 atom stereocenters. The summed E-state index contributed by atoms with van der Waals surface area (Å²) in [5.74, 6) is 1.17. The second kappa shape index (κ2) is 5.19. The molecule has 0 radical (unpaired) electrons. The molecule has 2 aliphatic heterocycles. The highest BCUT2D eigenvalue weighted by atomic mass is 15.2. The number of hydrogen-bond acceptors (Lipinski definition) is 2. The summed E-state index contributed by atoms with van der Waals surface area (Å²) in [6.45, 7) is 5.91. The molecule has 2 fully saturated rings. The van der Waals surface area contributed by atoms with Crippen LogP contribution < -0.4 is 0 Å². The van der Waals surface area contributed by atoms with Gasteiger partial charge in [-0.2, -0.15) is 5.26 Å². The van der Waals surface area contributed by atoms with Crippen LogP contribution in [-0.2, 0) is 0 Å². The molecule has 2 saturated heterocycles.